The molecular formula is C13H21N5O2S. The summed E-state index contributed by atoms with van der Waals surface area (Å²) in [4.78, 5) is 6.41. The van der Waals surface area contributed by atoms with Crippen molar-refractivity contribution in [2.24, 2.45) is 5.84 Å². The Morgan fingerprint density at radius 1 is 1.29 bits per heavy atom. The van der Waals surface area contributed by atoms with Gasteiger partial charge in [0.1, 0.15) is 0 Å². The molecule has 2 fully saturated rings. The first kappa shape index (κ1) is 14.7. The first-order valence-corrected chi connectivity index (χ1v) is 8.73. The second-order valence-electron chi connectivity index (χ2n) is 5.55. The van der Waals surface area contributed by atoms with Crippen LogP contribution < -0.4 is 11.3 Å². The van der Waals surface area contributed by atoms with Crippen LogP contribution in [0.2, 0.25) is 0 Å². The summed E-state index contributed by atoms with van der Waals surface area (Å²) in [6.07, 6.45) is 4.93. The summed E-state index contributed by atoms with van der Waals surface area (Å²) in [6.45, 7) is 2.93. The number of nitrogens with zero attached hydrogens (tertiary/aromatic N) is 3. The molecule has 0 spiro atoms. The topological polar surface area (TPSA) is 91.6 Å². The molecule has 0 amide bonds. The highest BCUT2D eigenvalue weighted by molar-refractivity contribution is 7.89. The fraction of sp³-hybridized carbons (Fsp3) is 0.615. The third-order valence-corrected chi connectivity index (χ3v) is 6.14. The molecule has 3 heterocycles. The molecule has 0 bridgehead atoms. The largest absolute Gasteiger partial charge is 0.321 e. The zero-order valence-electron chi connectivity index (χ0n) is 11.9. The van der Waals surface area contributed by atoms with Crippen molar-refractivity contribution in [2.75, 3.05) is 31.6 Å². The second kappa shape index (κ2) is 5.88. The number of rotatable bonds is 3. The maximum atomic E-state index is 12.8. The number of hydrogen-bond donors (Lipinski definition) is 2. The average Bonchev–Trinajstić information content (AvgIpc) is 2.54. The Morgan fingerprint density at radius 3 is 2.95 bits per heavy atom. The van der Waals surface area contributed by atoms with Crippen LogP contribution in [0.4, 0.5) is 5.69 Å². The molecule has 0 saturated carbocycles. The lowest BCUT2D eigenvalue weighted by Gasteiger charge is -2.43. The van der Waals surface area contributed by atoms with E-state index in [-0.39, 0.29) is 5.03 Å². The van der Waals surface area contributed by atoms with E-state index in [1.807, 2.05) is 0 Å². The van der Waals surface area contributed by atoms with Crippen LogP contribution in [0, 0.1) is 0 Å². The Kier molecular flexibility index (Phi) is 4.12. The molecule has 3 N–H and O–H groups in total. The summed E-state index contributed by atoms with van der Waals surface area (Å²) in [5.41, 5.74) is 2.75. The summed E-state index contributed by atoms with van der Waals surface area (Å²) in [7, 11) is -3.60. The summed E-state index contributed by atoms with van der Waals surface area (Å²) < 4.78 is 27.1. The number of hydrazine groups is 1. The van der Waals surface area contributed by atoms with E-state index in [1.165, 1.54) is 19.0 Å². The molecule has 3 rings (SSSR count). The van der Waals surface area contributed by atoms with Crippen LogP contribution in [-0.4, -0.2) is 54.8 Å². The number of aromatic nitrogens is 1. The number of fused-ring (bicyclic) bond motifs is 1. The van der Waals surface area contributed by atoms with Crippen molar-refractivity contribution < 1.29 is 8.42 Å². The highest BCUT2D eigenvalue weighted by Crippen LogP contribution is 2.27. The van der Waals surface area contributed by atoms with Gasteiger partial charge in [-0.3, -0.25) is 10.7 Å². The van der Waals surface area contributed by atoms with Crippen molar-refractivity contribution in [3.8, 4) is 0 Å². The Labute approximate surface area is 125 Å². The standard InChI is InChI=1S/C13H21N5O2S/c14-16-12-5-3-6-15-13(12)21(19,20)18-9-8-17-7-2-1-4-11(17)10-18/h3,5-6,11,16H,1-2,4,7-10,14H2. The van der Waals surface area contributed by atoms with E-state index in [0.717, 1.165) is 19.5 Å². The summed E-state index contributed by atoms with van der Waals surface area (Å²) in [5.74, 6) is 5.40. The van der Waals surface area contributed by atoms with Crippen molar-refractivity contribution in [2.45, 2.75) is 30.3 Å². The highest BCUT2D eigenvalue weighted by atomic mass is 32.2. The molecule has 0 radical (unpaired) electrons. The van der Waals surface area contributed by atoms with Gasteiger partial charge >= 0.3 is 0 Å². The van der Waals surface area contributed by atoms with E-state index in [9.17, 15) is 8.42 Å². The van der Waals surface area contributed by atoms with Crippen LogP contribution in [0.3, 0.4) is 0 Å². The molecule has 2 saturated heterocycles. The molecule has 1 aromatic heterocycles. The predicted molar refractivity (Wildman–Crippen MR) is 80.0 cm³/mol. The molecule has 1 atom stereocenters. The Morgan fingerprint density at radius 2 is 2.14 bits per heavy atom. The lowest BCUT2D eigenvalue weighted by atomic mass is 10.0. The minimum atomic E-state index is -3.60. The van der Waals surface area contributed by atoms with Crippen LogP contribution in [0.5, 0.6) is 0 Å². The summed E-state index contributed by atoms with van der Waals surface area (Å²) in [6, 6.07) is 3.62. The number of nitrogens with two attached hydrogens (primary N) is 1. The molecule has 8 heteroatoms. The van der Waals surface area contributed by atoms with Gasteiger partial charge in [0.15, 0.2) is 5.03 Å². The van der Waals surface area contributed by atoms with Gasteiger partial charge in [0, 0.05) is 31.9 Å². The first-order chi connectivity index (χ1) is 10.1. The zero-order valence-corrected chi connectivity index (χ0v) is 12.7. The third kappa shape index (κ3) is 2.76. The highest BCUT2D eigenvalue weighted by Gasteiger charge is 2.36. The van der Waals surface area contributed by atoms with Gasteiger partial charge in [0.05, 0.1) is 5.69 Å². The van der Waals surface area contributed by atoms with Crippen molar-refractivity contribution >= 4 is 15.7 Å². The quantitative estimate of drug-likeness (QED) is 0.613. The van der Waals surface area contributed by atoms with Crippen molar-refractivity contribution in [3.05, 3.63) is 18.3 Å². The SMILES string of the molecule is NNc1cccnc1S(=O)(=O)N1CCN2CCCCC2C1. The average molecular weight is 311 g/mol. The molecule has 116 valence electrons. The van der Waals surface area contributed by atoms with Crippen LogP contribution in [0.15, 0.2) is 23.4 Å². The van der Waals surface area contributed by atoms with Gasteiger partial charge in [-0.1, -0.05) is 6.42 Å². The number of pyridine rings is 1. The number of piperidine rings is 1. The van der Waals surface area contributed by atoms with E-state index in [4.69, 9.17) is 5.84 Å². The minimum absolute atomic E-state index is 0.0109. The van der Waals surface area contributed by atoms with Crippen LogP contribution in [0.1, 0.15) is 19.3 Å². The molecule has 1 unspecified atom stereocenters. The van der Waals surface area contributed by atoms with Crippen LogP contribution in [0.25, 0.3) is 0 Å². The summed E-state index contributed by atoms with van der Waals surface area (Å²) in [5, 5.41) is 0.0109. The smallest absolute Gasteiger partial charge is 0.262 e. The maximum Gasteiger partial charge on any atom is 0.262 e. The number of hydrogen-bond acceptors (Lipinski definition) is 6. The monoisotopic (exact) mass is 311 g/mol. The number of anilines is 1. The number of sulfonamides is 1. The molecule has 7 nitrogen and oxygen atoms in total. The first-order valence-electron chi connectivity index (χ1n) is 7.29. The van der Waals surface area contributed by atoms with E-state index in [1.54, 1.807) is 16.4 Å². The van der Waals surface area contributed by atoms with Gasteiger partial charge in [-0.05, 0) is 31.5 Å². The third-order valence-electron chi connectivity index (χ3n) is 4.31. The van der Waals surface area contributed by atoms with Crippen molar-refractivity contribution in [1.29, 1.82) is 0 Å². The van der Waals surface area contributed by atoms with E-state index >= 15 is 0 Å². The Hall–Kier alpha value is -1.22. The van der Waals surface area contributed by atoms with Crippen LogP contribution in [-0.2, 0) is 10.0 Å². The van der Waals surface area contributed by atoms with Gasteiger partial charge in [-0.25, -0.2) is 13.4 Å². The molecule has 2 aliphatic heterocycles. The maximum absolute atomic E-state index is 12.8. The van der Waals surface area contributed by atoms with Gasteiger partial charge in [0.25, 0.3) is 10.0 Å². The molecule has 21 heavy (non-hydrogen) atoms. The van der Waals surface area contributed by atoms with Gasteiger partial charge < -0.3 is 5.43 Å². The second-order valence-corrected chi connectivity index (χ2v) is 7.40. The van der Waals surface area contributed by atoms with Gasteiger partial charge in [0.2, 0.25) is 0 Å². The Balaban J connectivity index is 1.85. The molecular weight excluding hydrogens is 290 g/mol. The zero-order chi connectivity index (χ0) is 14.9. The van der Waals surface area contributed by atoms with E-state index in [2.05, 4.69) is 15.3 Å². The van der Waals surface area contributed by atoms with Crippen molar-refractivity contribution in [1.82, 2.24) is 14.2 Å². The minimum Gasteiger partial charge on any atom is -0.321 e. The number of nitrogens with one attached hydrogen (secondary N) is 1. The lowest BCUT2D eigenvalue weighted by molar-refractivity contribution is 0.0851. The molecule has 2 aliphatic rings. The predicted octanol–water partition coefficient (Wildman–Crippen LogP) is 0.226. The van der Waals surface area contributed by atoms with Crippen LogP contribution >= 0.6 is 0 Å². The van der Waals surface area contributed by atoms with Crippen molar-refractivity contribution in [3.63, 3.8) is 0 Å². The molecule has 0 aliphatic carbocycles. The van der Waals surface area contributed by atoms with Gasteiger partial charge in [-0.15, -0.1) is 0 Å². The Bertz CT molecular complexity index is 606. The molecule has 0 aromatic carbocycles. The number of nitrogen functional groups attached to an aromatic ring is 1. The summed E-state index contributed by atoms with van der Waals surface area (Å²) >= 11 is 0. The van der Waals surface area contributed by atoms with E-state index < -0.39 is 10.0 Å². The van der Waals surface area contributed by atoms with Gasteiger partial charge in [-0.2, -0.15) is 4.31 Å². The lowest BCUT2D eigenvalue weighted by Crippen LogP contribution is -2.56. The fourth-order valence-corrected chi connectivity index (χ4v) is 4.71. The molecule has 1 aromatic rings. The number of piperazine rings is 1. The van der Waals surface area contributed by atoms with E-state index in [0.29, 0.717) is 24.8 Å². The normalized spacial score (nSPS) is 24.5. The fourth-order valence-electron chi connectivity index (χ4n) is 3.17.